The Morgan fingerprint density at radius 2 is 1.56 bits per heavy atom. The lowest BCUT2D eigenvalue weighted by atomic mass is 9.68. The Kier molecular flexibility index (Phi) is 10.8. The first-order valence-corrected chi connectivity index (χ1v) is 16.2. The molecule has 7 N–H and O–H groups in total. The largest absolute Gasteiger partial charge is 0.487 e. The summed E-state index contributed by atoms with van der Waals surface area (Å²) in [5.41, 5.74) is 2.68. The van der Waals surface area contributed by atoms with Gasteiger partial charge in [0.25, 0.3) is 0 Å². The van der Waals surface area contributed by atoms with Gasteiger partial charge < -0.3 is 59.4 Å². The minimum absolute atomic E-state index is 0.0154. The quantitative estimate of drug-likeness (QED) is 0.143. The molecule has 0 spiro atoms. The van der Waals surface area contributed by atoms with Gasteiger partial charge >= 0.3 is 0 Å². The van der Waals surface area contributed by atoms with E-state index in [1.54, 1.807) is 0 Å². The van der Waals surface area contributed by atoms with Gasteiger partial charge in [0.2, 0.25) is 6.29 Å². The Hall–Kier alpha value is -1.84. The number of hydrogen-bond donors (Lipinski definition) is 7. The van der Waals surface area contributed by atoms with Crippen LogP contribution in [0.1, 0.15) is 76.8 Å². The van der Waals surface area contributed by atoms with Crippen LogP contribution in [0.25, 0.3) is 0 Å². The Bertz CT molecular complexity index is 1190. The van der Waals surface area contributed by atoms with Crippen molar-refractivity contribution in [3.63, 3.8) is 0 Å². The molecule has 4 aliphatic rings. The summed E-state index contributed by atoms with van der Waals surface area (Å²) >= 11 is 0. The van der Waals surface area contributed by atoms with Crippen molar-refractivity contribution in [2.45, 2.75) is 139 Å². The van der Waals surface area contributed by atoms with Crippen LogP contribution in [0.4, 0.5) is 0 Å². The molecule has 0 aromatic heterocycles. The van der Waals surface area contributed by atoms with Crippen molar-refractivity contribution in [2.24, 2.45) is 5.92 Å². The van der Waals surface area contributed by atoms with Gasteiger partial charge in [0.15, 0.2) is 6.29 Å². The number of unbranched alkanes of at least 4 members (excludes halogenated alkanes) is 2. The normalized spacial score (nSPS) is 39.3. The first kappa shape index (κ1) is 34.5. The van der Waals surface area contributed by atoms with Crippen LogP contribution in [-0.2, 0) is 20.6 Å². The molecule has 1 aromatic carbocycles. The molecule has 0 saturated carbocycles. The maximum Gasteiger partial charge on any atom is 0.229 e. The van der Waals surface area contributed by atoms with Gasteiger partial charge in [-0.1, -0.05) is 31.4 Å². The number of ether oxygens (including phenoxy) is 5. The first-order chi connectivity index (χ1) is 21.4. The summed E-state index contributed by atoms with van der Waals surface area (Å²) in [6, 6.07) is 4.00. The van der Waals surface area contributed by atoms with Gasteiger partial charge in [0.05, 0.1) is 13.2 Å². The number of fused-ring (bicyclic) bond motifs is 3. The summed E-state index contributed by atoms with van der Waals surface area (Å²) < 4.78 is 30.2. The highest BCUT2D eigenvalue weighted by atomic mass is 16.7. The number of allylic oxidation sites excluding steroid dienone is 2. The van der Waals surface area contributed by atoms with Gasteiger partial charge in [-0.15, -0.1) is 0 Å². The van der Waals surface area contributed by atoms with E-state index in [-0.39, 0.29) is 11.8 Å². The van der Waals surface area contributed by atoms with Crippen LogP contribution in [0.5, 0.6) is 11.5 Å². The van der Waals surface area contributed by atoms with Crippen molar-refractivity contribution in [2.75, 3.05) is 13.2 Å². The zero-order valence-corrected chi connectivity index (χ0v) is 26.5. The molecule has 12 heteroatoms. The van der Waals surface area contributed by atoms with Crippen molar-refractivity contribution in [1.82, 2.24) is 0 Å². The molecule has 1 aromatic rings. The first-order valence-electron chi connectivity index (χ1n) is 16.2. The molecule has 5 rings (SSSR count). The lowest BCUT2D eigenvalue weighted by Crippen LogP contribution is -2.65. The monoisotopic (exact) mass is 638 g/mol. The SMILES string of the molecule is CCCCCc1cc(O[C@@H]2O[C@H](CO)[C@@H](O)[C@H](O[C@@H]3O[C@H](CO)[C@@H](O)[C@H](O)[C@H]3O)[C@H]2O)c2c(c1)OC(C)(C)[C@@H]1CCC(C)=C[C@@H]21. The van der Waals surface area contributed by atoms with Crippen molar-refractivity contribution >= 4 is 0 Å². The zero-order chi connectivity index (χ0) is 32.6. The second kappa shape index (κ2) is 14.1. The Balaban J connectivity index is 1.48. The summed E-state index contributed by atoms with van der Waals surface area (Å²) in [6.07, 6.45) is -7.33. The van der Waals surface area contributed by atoms with Crippen molar-refractivity contribution in [3.05, 3.63) is 34.9 Å². The van der Waals surface area contributed by atoms with Gasteiger partial charge in [0, 0.05) is 17.4 Å². The van der Waals surface area contributed by atoms with E-state index in [1.807, 2.05) is 6.07 Å². The van der Waals surface area contributed by atoms with Gasteiger partial charge in [-0.05, 0) is 64.2 Å². The molecule has 3 heterocycles. The van der Waals surface area contributed by atoms with E-state index in [2.05, 4.69) is 39.8 Å². The van der Waals surface area contributed by atoms with Crippen LogP contribution in [0, 0.1) is 5.92 Å². The molecule has 3 aliphatic heterocycles. The van der Waals surface area contributed by atoms with E-state index < -0.39 is 80.2 Å². The fraction of sp³-hybridized carbons (Fsp3) is 0.758. The Morgan fingerprint density at radius 3 is 2.24 bits per heavy atom. The highest BCUT2D eigenvalue weighted by Crippen LogP contribution is 2.54. The van der Waals surface area contributed by atoms with Crippen LogP contribution in [-0.4, -0.2) is 116 Å². The molecule has 12 atom stereocenters. The number of aryl methyl sites for hydroxylation is 1. The molecule has 2 fully saturated rings. The number of aliphatic hydroxyl groups excluding tert-OH is 7. The molecule has 0 amide bonds. The average Bonchev–Trinajstić information content (AvgIpc) is 3.00. The average molecular weight is 639 g/mol. The van der Waals surface area contributed by atoms with Crippen molar-refractivity contribution < 1.29 is 59.4 Å². The van der Waals surface area contributed by atoms with Crippen LogP contribution in [0.2, 0.25) is 0 Å². The topological polar surface area (TPSA) is 188 Å². The van der Waals surface area contributed by atoms with E-state index in [0.29, 0.717) is 11.5 Å². The minimum atomic E-state index is -1.76. The van der Waals surface area contributed by atoms with E-state index in [1.165, 1.54) is 5.57 Å². The maximum absolute atomic E-state index is 11.5. The molecular formula is C33H50O12. The Labute approximate surface area is 264 Å². The second-order valence-corrected chi connectivity index (χ2v) is 13.5. The van der Waals surface area contributed by atoms with Crippen molar-refractivity contribution in [3.8, 4) is 11.5 Å². The van der Waals surface area contributed by atoms with Crippen molar-refractivity contribution in [1.29, 1.82) is 0 Å². The fourth-order valence-electron chi connectivity index (χ4n) is 7.15. The minimum Gasteiger partial charge on any atom is -0.487 e. The van der Waals surface area contributed by atoms with Crippen LogP contribution in [0.3, 0.4) is 0 Å². The Morgan fingerprint density at radius 1 is 0.867 bits per heavy atom. The second-order valence-electron chi connectivity index (χ2n) is 13.5. The summed E-state index contributed by atoms with van der Waals surface area (Å²) in [7, 11) is 0. The smallest absolute Gasteiger partial charge is 0.229 e. The molecule has 45 heavy (non-hydrogen) atoms. The third-order valence-electron chi connectivity index (χ3n) is 9.78. The standard InChI is InChI=1S/C33H50O12/c1-5-6-7-8-17-12-20(24-18-11-16(2)9-10-19(18)33(3,4)45-21(24)13-17)41-32-29(40)30(26(37)23(15-35)43-32)44-31-28(39)27(38)25(36)22(14-34)42-31/h11-13,18-19,22-23,25-32,34-40H,5-10,14-15H2,1-4H3/t18-,19-,22-,23-,25-,26-,27+,28-,29-,30+,31+,32-/m1/s1. The number of hydrogen-bond acceptors (Lipinski definition) is 12. The molecule has 0 unspecified atom stereocenters. The highest BCUT2D eigenvalue weighted by Gasteiger charge is 2.52. The zero-order valence-electron chi connectivity index (χ0n) is 26.5. The van der Waals surface area contributed by atoms with Gasteiger partial charge in [-0.25, -0.2) is 0 Å². The summed E-state index contributed by atoms with van der Waals surface area (Å²) in [6.45, 7) is 7.15. The van der Waals surface area contributed by atoms with E-state index in [0.717, 1.165) is 49.7 Å². The van der Waals surface area contributed by atoms with Crippen LogP contribution >= 0.6 is 0 Å². The molecule has 0 radical (unpaired) electrons. The lowest BCUT2D eigenvalue weighted by molar-refractivity contribution is -0.352. The predicted molar refractivity (Wildman–Crippen MR) is 161 cm³/mol. The third-order valence-corrected chi connectivity index (χ3v) is 9.78. The number of benzene rings is 1. The number of aliphatic hydroxyl groups is 7. The van der Waals surface area contributed by atoms with Crippen LogP contribution < -0.4 is 9.47 Å². The molecule has 12 nitrogen and oxygen atoms in total. The van der Waals surface area contributed by atoms with Crippen LogP contribution in [0.15, 0.2) is 23.8 Å². The fourth-order valence-corrected chi connectivity index (χ4v) is 7.15. The number of rotatable bonds is 10. The molecule has 1 aliphatic carbocycles. The van der Waals surface area contributed by atoms with E-state index >= 15 is 0 Å². The third kappa shape index (κ3) is 6.92. The van der Waals surface area contributed by atoms with E-state index in [9.17, 15) is 35.7 Å². The molecule has 254 valence electrons. The molecule has 2 saturated heterocycles. The molecule has 0 bridgehead atoms. The van der Waals surface area contributed by atoms with E-state index in [4.69, 9.17) is 23.7 Å². The highest BCUT2D eigenvalue weighted by molar-refractivity contribution is 5.54. The molecular weight excluding hydrogens is 588 g/mol. The summed E-state index contributed by atoms with van der Waals surface area (Å²) in [5, 5.41) is 73.0. The maximum atomic E-state index is 11.5. The summed E-state index contributed by atoms with van der Waals surface area (Å²) in [4.78, 5) is 0. The lowest BCUT2D eigenvalue weighted by Gasteiger charge is -2.48. The van der Waals surface area contributed by atoms with Gasteiger partial charge in [-0.2, -0.15) is 0 Å². The predicted octanol–water partition coefficient (Wildman–Crippen LogP) is 1.03. The summed E-state index contributed by atoms with van der Waals surface area (Å²) in [5.74, 6) is 1.32. The van der Waals surface area contributed by atoms with Gasteiger partial charge in [0.1, 0.15) is 65.9 Å². The van der Waals surface area contributed by atoms with Gasteiger partial charge in [-0.3, -0.25) is 0 Å².